The largest absolute Gasteiger partial charge is 0.391 e. The maximum absolute atomic E-state index is 12.5. The van der Waals surface area contributed by atoms with Gasteiger partial charge >= 0.3 is 0 Å². The SMILES string of the molecule is CC(=O)N1Cc2ccc(C(=O)NCC(O)C(C)C)cc2C=Cc2ccccc21. The van der Waals surface area contributed by atoms with E-state index in [4.69, 9.17) is 0 Å². The summed E-state index contributed by atoms with van der Waals surface area (Å²) in [4.78, 5) is 26.4. The van der Waals surface area contributed by atoms with Crippen LogP contribution in [0.25, 0.3) is 12.2 Å². The van der Waals surface area contributed by atoms with Gasteiger partial charge in [-0.1, -0.05) is 50.3 Å². The predicted molar refractivity (Wildman–Crippen MR) is 112 cm³/mol. The van der Waals surface area contributed by atoms with E-state index in [0.717, 1.165) is 22.4 Å². The predicted octanol–water partition coefficient (Wildman–Crippen LogP) is 3.47. The third-order valence-electron chi connectivity index (χ3n) is 5.03. The minimum absolute atomic E-state index is 0.0295. The lowest BCUT2D eigenvalue weighted by Crippen LogP contribution is -2.34. The highest BCUT2D eigenvalue weighted by Gasteiger charge is 2.19. The van der Waals surface area contributed by atoms with Gasteiger partial charge in [-0.2, -0.15) is 0 Å². The fourth-order valence-corrected chi connectivity index (χ4v) is 3.16. The third kappa shape index (κ3) is 4.31. The Balaban J connectivity index is 1.90. The number of anilines is 1. The first kappa shape index (κ1) is 19.8. The van der Waals surface area contributed by atoms with Crippen LogP contribution in [0.3, 0.4) is 0 Å². The van der Waals surface area contributed by atoms with Crippen LogP contribution < -0.4 is 10.2 Å². The minimum Gasteiger partial charge on any atom is -0.391 e. The lowest BCUT2D eigenvalue weighted by atomic mass is 9.98. The van der Waals surface area contributed by atoms with Crippen molar-refractivity contribution >= 4 is 29.7 Å². The fourth-order valence-electron chi connectivity index (χ4n) is 3.16. The monoisotopic (exact) mass is 378 g/mol. The number of fused-ring (bicyclic) bond motifs is 2. The van der Waals surface area contributed by atoms with Crippen molar-refractivity contribution in [2.75, 3.05) is 11.4 Å². The molecule has 0 fully saturated rings. The maximum atomic E-state index is 12.5. The van der Waals surface area contributed by atoms with Crippen molar-refractivity contribution in [2.45, 2.75) is 33.4 Å². The molecule has 0 bridgehead atoms. The molecule has 0 aromatic heterocycles. The van der Waals surface area contributed by atoms with Crippen LogP contribution in [0.2, 0.25) is 0 Å². The number of para-hydroxylation sites is 1. The van der Waals surface area contributed by atoms with Crippen LogP contribution in [0.4, 0.5) is 5.69 Å². The van der Waals surface area contributed by atoms with Crippen LogP contribution in [0, 0.1) is 5.92 Å². The number of amides is 2. The molecule has 2 aromatic carbocycles. The maximum Gasteiger partial charge on any atom is 0.251 e. The zero-order valence-corrected chi connectivity index (χ0v) is 16.5. The van der Waals surface area contributed by atoms with Crippen LogP contribution >= 0.6 is 0 Å². The van der Waals surface area contributed by atoms with Gasteiger partial charge in [0.15, 0.2) is 0 Å². The molecule has 0 aliphatic carbocycles. The Morgan fingerprint density at radius 1 is 1.11 bits per heavy atom. The minimum atomic E-state index is -0.575. The summed E-state index contributed by atoms with van der Waals surface area (Å²) in [6.45, 7) is 6.04. The Kier molecular flexibility index (Phi) is 5.95. The normalized spacial score (nSPS) is 14.0. The first-order valence-corrected chi connectivity index (χ1v) is 9.51. The summed E-state index contributed by atoms with van der Waals surface area (Å²) < 4.78 is 0. The van der Waals surface area contributed by atoms with Crippen molar-refractivity contribution in [1.29, 1.82) is 0 Å². The molecule has 1 aliphatic heterocycles. The molecule has 1 unspecified atom stereocenters. The van der Waals surface area contributed by atoms with Gasteiger partial charge in [0.2, 0.25) is 5.91 Å². The van der Waals surface area contributed by atoms with Gasteiger partial charge in [0.05, 0.1) is 18.3 Å². The van der Waals surface area contributed by atoms with Crippen molar-refractivity contribution < 1.29 is 14.7 Å². The lowest BCUT2D eigenvalue weighted by molar-refractivity contribution is -0.116. The van der Waals surface area contributed by atoms with Crippen LogP contribution in [0.15, 0.2) is 42.5 Å². The van der Waals surface area contributed by atoms with Gasteiger partial charge in [-0.3, -0.25) is 9.59 Å². The number of hydrogen-bond donors (Lipinski definition) is 2. The molecule has 28 heavy (non-hydrogen) atoms. The van der Waals surface area contributed by atoms with E-state index in [1.54, 1.807) is 17.9 Å². The molecule has 5 nitrogen and oxygen atoms in total. The van der Waals surface area contributed by atoms with Gasteiger partial charge in [-0.15, -0.1) is 0 Å². The van der Waals surface area contributed by atoms with E-state index in [1.807, 2.05) is 62.4 Å². The molecule has 5 heteroatoms. The Hall–Kier alpha value is -2.92. The lowest BCUT2D eigenvalue weighted by Gasteiger charge is -2.26. The fraction of sp³-hybridized carbons (Fsp3) is 0.304. The highest BCUT2D eigenvalue weighted by Crippen LogP contribution is 2.29. The summed E-state index contributed by atoms with van der Waals surface area (Å²) in [5, 5.41) is 12.7. The number of aliphatic hydroxyl groups is 1. The first-order valence-electron chi connectivity index (χ1n) is 9.51. The summed E-state index contributed by atoms with van der Waals surface area (Å²) in [6, 6.07) is 13.2. The molecule has 3 rings (SSSR count). The highest BCUT2D eigenvalue weighted by atomic mass is 16.3. The van der Waals surface area contributed by atoms with Crippen LogP contribution in [-0.2, 0) is 11.3 Å². The average molecular weight is 378 g/mol. The van der Waals surface area contributed by atoms with Gasteiger partial charge in [0.1, 0.15) is 0 Å². The molecule has 0 saturated carbocycles. The molecule has 1 heterocycles. The summed E-state index contributed by atoms with van der Waals surface area (Å²) in [5.74, 6) is -0.170. The summed E-state index contributed by atoms with van der Waals surface area (Å²) in [5.41, 5.74) is 4.24. The third-order valence-corrected chi connectivity index (χ3v) is 5.03. The zero-order valence-electron chi connectivity index (χ0n) is 16.5. The average Bonchev–Trinajstić information content (AvgIpc) is 2.67. The second-order valence-electron chi connectivity index (χ2n) is 7.43. The van der Waals surface area contributed by atoms with Crippen LogP contribution in [0.1, 0.15) is 47.8 Å². The smallest absolute Gasteiger partial charge is 0.251 e. The number of benzene rings is 2. The molecule has 0 spiro atoms. The van der Waals surface area contributed by atoms with E-state index in [1.165, 1.54) is 0 Å². The van der Waals surface area contributed by atoms with Gasteiger partial charge in [-0.25, -0.2) is 0 Å². The quantitative estimate of drug-likeness (QED) is 0.856. The van der Waals surface area contributed by atoms with Crippen molar-refractivity contribution in [2.24, 2.45) is 5.92 Å². The number of nitrogens with one attached hydrogen (secondary N) is 1. The molecular formula is C23H26N2O3. The van der Waals surface area contributed by atoms with E-state index in [2.05, 4.69) is 5.32 Å². The number of rotatable bonds is 4. The molecular weight excluding hydrogens is 352 g/mol. The van der Waals surface area contributed by atoms with Crippen molar-refractivity contribution in [3.63, 3.8) is 0 Å². The number of hydrogen-bond acceptors (Lipinski definition) is 3. The second-order valence-corrected chi connectivity index (χ2v) is 7.43. The Labute approximate surface area is 165 Å². The molecule has 0 saturated heterocycles. The highest BCUT2D eigenvalue weighted by molar-refractivity contribution is 5.97. The summed E-state index contributed by atoms with van der Waals surface area (Å²) in [6.07, 6.45) is 3.37. The second kappa shape index (κ2) is 8.40. The van der Waals surface area contributed by atoms with Crippen LogP contribution in [-0.4, -0.2) is 29.6 Å². The van der Waals surface area contributed by atoms with E-state index in [-0.39, 0.29) is 24.3 Å². The van der Waals surface area contributed by atoms with E-state index < -0.39 is 6.10 Å². The number of carbonyl (C=O) groups is 2. The Morgan fingerprint density at radius 3 is 2.54 bits per heavy atom. The van der Waals surface area contributed by atoms with Gasteiger partial charge in [-0.05, 0) is 40.8 Å². The number of nitrogens with zero attached hydrogens (tertiary/aromatic N) is 1. The van der Waals surface area contributed by atoms with Crippen molar-refractivity contribution in [3.05, 3.63) is 64.7 Å². The zero-order chi connectivity index (χ0) is 20.3. The standard InChI is InChI=1S/C23H26N2O3/c1-15(2)22(27)13-24-23(28)19-10-11-20-14-25(16(3)26)21-7-5-4-6-17(21)8-9-18(20)12-19/h4-12,15,22,27H,13-14H2,1-3H3,(H,24,28). The van der Waals surface area contributed by atoms with E-state index >= 15 is 0 Å². The van der Waals surface area contributed by atoms with E-state index in [0.29, 0.717) is 12.1 Å². The van der Waals surface area contributed by atoms with Gasteiger partial charge in [0, 0.05) is 19.0 Å². The van der Waals surface area contributed by atoms with Gasteiger partial charge in [0.25, 0.3) is 5.91 Å². The van der Waals surface area contributed by atoms with Gasteiger partial charge < -0.3 is 15.3 Å². The van der Waals surface area contributed by atoms with Crippen molar-refractivity contribution in [1.82, 2.24) is 5.32 Å². The topological polar surface area (TPSA) is 69.6 Å². The van der Waals surface area contributed by atoms with Crippen LogP contribution in [0.5, 0.6) is 0 Å². The molecule has 1 aliphatic rings. The molecule has 0 radical (unpaired) electrons. The van der Waals surface area contributed by atoms with Crippen molar-refractivity contribution in [3.8, 4) is 0 Å². The number of aliphatic hydroxyl groups excluding tert-OH is 1. The number of carbonyl (C=O) groups excluding carboxylic acids is 2. The summed E-state index contributed by atoms with van der Waals surface area (Å²) in [7, 11) is 0. The Morgan fingerprint density at radius 2 is 1.82 bits per heavy atom. The Bertz CT molecular complexity index is 918. The first-order chi connectivity index (χ1) is 13.4. The molecule has 146 valence electrons. The summed E-state index contributed by atoms with van der Waals surface area (Å²) >= 11 is 0. The molecule has 1 atom stereocenters. The molecule has 2 aromatic rings. The molecule has 2 amide bonds. The molecule has 2 N–H and O–H groups in total. The van der Waals surface area contributed by atoms with E-state index in [9.17, 15) is 14.7 Å².